The first kappa shape index (κ1) is 14.4. The third-order valence-corrected chi connectivity index (χ3v) is 5.20. The number of rotatable bonds is 3. The van der Waals surface area contributed by atoms with E-state index in [-0.39, 0.29) is 5.91 Å². The molecule has 1 unspecified atom stereocenters. The fraction of sp³-hybridized carbons (Fsp3) is 0.421. The lowest BCUT2D eigenvalue weighted by atomic mass is 10.0. The number of likely N-dealkylation sites (tertiary alicyclic amines) is 1. The van der Waals surface area contributed by atoms with E-state index in [9.17, 15) is 4.79 Å². The minimum Gasteiger partial charge on any atom is -0.490 e. The van der Waals surface area contributed by atoms with E-state index in [0.717, 1.165) is 37.4 Å². The van der Waals surface area contributed by atoms with Crippen molar-refractivity contribution in [1.82, 2.24) is 9.47 Å². The van der Waals surface area contributed by atoms with Gasteiger partial charge in [0.2, 0.25) is 0 Å². The number of ether oxygens (including phenoxy) is 1. The molecular formula is C19H22N2O2. The van der Waals surface area contributed by atoms with Crippen LogP contribution in [-0.4, -0.2) is 34.6 Å². The summed E-state index contributed by atoms with van der Waals surface area (Å²) < 4.78 is 7.99. The monoisotopic (exact) mass is 310 g/mol. The van der Waals surface area contributed by atoms with Gasteiger partial charge in [-0.15, -0.1) is 0 Å². The van der Waals surface area contributed by atoms with E-state index in [1.165, 1.54) is 0 Å². The molecule has 4 nitrogen and oxygen atoms in total. The Morgan fingerprint density at radius 3 is 2.35 bits per heavy atom. The number of carbonyl (C=O) groups is 1. The Morgan fingerprint density at radius 2 is 1.74 bits per heavy atom. The zero-order valence-corrected chi connectivity index (χ0v) is 13.4. The lowest BCUT2D eigenvalue weighted by Crippen LogP contribution is -2.32. The highest BCUT2D eigenvalue weighted by Crippen LogP contribution is 2.40. The van der Waals surface area contributed by atoms with Gasteiger partial charge in [-0.2, -0.15) is 0 Å². The fourth-order valence-electron chi connectivity index (χ4n) is 4.04. The van der Waals surface area contributed by atoms with E-state index in [1.54, 1.807) is 0 Å². The van der Waals surface area contributed by atoms with E-state index in [4.69, 9.17) is 4.74 Å². The van der Waals surface area contributed by atoms with E-state index in [2.05, 4.69) is 0 Å². The second-order valence-electron chi connectivity index (χ2n) is 6.76. The minimum absolute atomic E-state index is 0.160. The summed E-state index contributed by atoms with van der Waals surface area (Å²) in [6.45, 7) is 1.73. The second-order valence-corrected chi connectivity index (χ2v) is 6.76. The van der Waals surface area contributed by atoms with Crippen molar-refractivity contribution in [3.05, 3.63) is 54.4 Å². The first-order chi connectivity index (χ1) is 11.2. The number of amides is 1. The average Bonchev–Trinajstić information content (AvgIpc) is 3.22. The van der Waals surface area contributed by atoms with Gasteiger partial charge in [0, 0.05) is 26.3 Å². The molecule has 120 valence electrons. The number of carbonyl (C=O) groups excluding carboxylic acids is 1. The third kappa shape index (κ3) is 2.74. The molecule has 3 atom stereocenters. The SMILES string of the molecule is Cn1cccc1C(=O)N1C[C@H]2CC(Oc3ccccc3)C[C@H]2C1. The first-order valence-electron chi connectivity index (χ1n) is 8.33. The summed E-state index contributed by atoms with van der Waals surface area (Å²) in [5, 5.41) is 0. The van der Waals surface area contributed by atoms with Crippen LogP contribution in [0.1, 0.15) is 23.3 Å². The topological polar surface area (TPSA) is 34.5 Å². The van der Waals surface area contributed by atoms with Gasteiger partial charge in [-0.1, -0.05) is 18.2 Å². The third-order valence-electron chi connectivity index (χ3n) is 5.20. The van der Waals surface area contributed by atoms with Crippen molar-refractivity contribution >= 4 is 5.91 Å². The summed E-state index contributed by atoms with van der Waals surface area (Å²) in [6, 6.07) is 13.9. The average molecular weight is 310 g/mol. The largest absolute Gasteiger partial charge is 0.490 e. The Kier molecular flexibility index (Phi) is 3.60. The minimum atomic E-state index is 0.160. The van der Waals surface area contributed by atoms with Gasteiger partial charge in [-0.25, -0.2) is 0 Å². The highest BCUT2D eigenvalue weighted by Gasteiger charge is 2.43. The fourth-order valence-corrected chi connectivity index (χ4v) is 4.04. The van der Waals surface area contributed by atoms with Crippen LogP contribution in [0.5, 0.6) is 5.75 Å². The summed E-state index contributed by atoms with van der Waals surface area (Å²) in [5.74, 6) is 2.27. The van der Waals surface area contributed by atoms with Gasteiger partial charge in [-0.3, -0.25) is 4.79 Å². The molecule has 0 N–H and O–H groups in total. The molecule has 1 aromatic heterocycles. The molecule has 1 aromatic carbocycles. The molecule has 1 aliphatic carbocycles. The molecule has 0 radical (unpaired) electrons. The van der Waals surface area contributed by atoms with Gasteiger partial charge >= 0.3 is 0 Å². The van der Waals surface area contributed by atoms with Crippen LogP contribution in [-0.2, 0) is 7.05 Å². The van der Waals surface area contributed by atoms with Crippen LogP contribution >= 0.6 is 0 Å². The van der Waals surface area contributed by atoms with Gasteiger partial charge in [0.05, 0.1) is 6.10 Å². The number of nitrogens with zero attached hydrogens (tertiary/aromatic N) is 2. The molecule has 1 amide bonds. The zero-order chi connectivity index (χ0) is 15.8. The summed E-state index contributed by atoms with van der Waals surface area (Å²) in [7, 11) is 1.92. The number of benzene rings is 1. The molecular weight excluding hydrogens is 288 g/mol. The lowest BCUT2D eigenvalue weighted by Gasteiger charge is -2.20. The number of hydrogen-bond donors (Lipinski definition) is 0. The number of aromatic nitrogens is 1. The second kappa shape index (κ2) is 5.76. The van der Waals surface area contributed by atoms with Crippen molar-refractivity contribution in [2.45, 2.75) is 18.9 Å². The van der Waals surface area contributed by atoms with Crippen molar-refractivity contribution in [2.75, 3.05) is 13.1 Å². The molecule has 1 saturated carbocycles. The van der Waals surface area contributed by atoms with Crippen LogP contribution in [0.3, 0.4) is 0 Å². The summed E-state index contributed by atoms with van der Waals surface area (Å²) in [4.78, 5) is 14.6. The Balaban J connectivity index is 1.37. The molecule has 2 aromatic rings. The van der Waals surface area contributed by atoms with Gasteiger partial charge in [0.15, 0.2) is 0 Å². The normalized spacial score (nSPS) is 26.3. The van der Waals surface area contributed by atoms with E-state index in [1.807, 2.05) is 65.2 Å². The van der Waals surface area contributed by atoms with Gasteiger partial charge in [0.1, 0.15) is 11.4 Å². The van der Waals surface area contributed by atoms with Crippen molar-refractivity contribution in [3.63, 3.8) is 0 Å². The van der Waals surface area contributed by atoms with Crippen molar-refractivity contribution in [3.8, 4) is 5.75 Å². The van der Waals surface area contributed by atoms with Crippen LogP contribution in [0.4, 0.5) is 0 Å². The number of hydrogen-bond acceptors (Lipinski definition) is 2. The lowest BCUT2D eigenvalue weighted by molar-refractivity contribution is 0.0760. The van der Waals surface area contributed by atoms with Gasteiger partial charge < -0.3 is 14.2 Å². The molecule has 4 heteroatoms. The molecule has 1 aliphatic heterocycles. The zero-order valence-electron chi connectivity index (χ0n) is 13.4. The standard InChI is InChI=1S/C19H22N2O2/c1-20-9-5-8-18(20)19(22)21-12-14-10-17(11-15(14)13-21)23-16-6-3-2-4-7-16/h2-9,14-15,17H,10-13H2,1H3/t14-,15+,17?. The Labute approximate surface area is 136 Å². The maximum absolute atomic E-state index is 12.6. The van der Waals surface area contributed by atoms with E-state index >= 15 is 0 Å². The predicted molar refractivity (Wildman–Crippen MR) is 88.4 cm³/mol. The van der Waals surface area contributed by atoms with Crippen LogP contribution in [0, 0.1) is 11.8 Å². The Bertz CT molecular complexity index is 680. The number of aryl methyl sites for hydroxylation is 1. The van der Waals surface area contributed by atoms with Crippen LogP contribution < -0.4 is 4.74 Å². The van der Waals surface area contributed by atoms with Gasteiger partial charge in [0.25, 0.3) is 5.91 Å². The maximum Gasteiger partial charge on any atom is 0.270 e. The van der Waals surface area contributed by atoms with E-state index < -0.39 is 0 Å². The summed E-state index contributed by atoms with van der Waals surface area (Å²) in [5.41, 5.74) is 0.780. The molecule has 2 aliphatic rings. The van der Waals surface area contributed by atoms with Crippen molar-refractivity contribution in [2.24, 2.45) is 18.9 Å². The first-order valence-corrected chi connectivity index (χ1v) is 8.33. The van der Waals surface area contributed by atoms with Crippen molar-refractivity contribution in [1.29, 1.82) is 0 Å². The predicted octanol–water partition coefficient (Wildman–Crippen LogP) is 2.95. The van der Waals surface area contributed by atoms with E-state index in [0.29, 0.717) is 17.9 Å². The molecule has 2 fully saturated rings. The van der Waals surface area contributed by atoms with Crippen LogP contribution in [0.15, 0.2) is 48.7 Å². The highest BCUT2D eigenvalue weighted by atomic mass is 16.5. The summed E-state index contributed by atoms with van der Waals surface area (Å²) >= 11 is 0. The Hall–Kier alpha value is -2.23. The van der Waals surface area contributed by atoms with Crippen molar-refractivity contribution < 1.29 is 9.53 Å². The molecule has 0 bridgehead atoms. The Morgan fingerprint density at radius 1 is 1.04 bits per heavy atom. The molecule has 0 spiro atoms. The molecule has 23 heavy (non-hydrogen) atoms. The van der Waals surface area contributed by atoms with Crippen LogP contribution in [0.2, 0.25) is 0 Å². The van der Waals surface area contributed by atoms with Gasteiger partial charge in [-0.05, 0) is 48.9 Å². The maximum atomic E-state index is 12.6. The van der Waals surface area contributed by atoms with Crippen LogP contribution in [0.25, 0.3) is 0 Å². The number of fused-ring (bicyclic) bond motifs is 1. The highest BCUT2D eigenvalue weighted by molar-refractivity contribution is 5.93. The smallest absolute Gasteiger partial charge is 0.270 e. The molecule has 1 saturated heterocycles. The molecule has 2 heterocycles. The summed E-state index contributed by atoms with van der Waals surface area (Å²) in [6.07, 6.45) is 4.32. The molecule has 4 rings (SSSR count). The number of para-hydroxylation sites is 1. The quantitative estimate of drug-likeness (QED) is 0.873.